The van der Waals surface area contributed by atoms with E-state index in [0.29, 0.717) is 24.5 Å². The molecule has 0 radical (unpaired) electrons. The van der Waals surface area contributed by atoms with E-state index in [9.17, 15) is 9.18 Å². The number of carbonyl (C=O) groups excluding carboxylic acids is 1. The van der Waals surface area contributed by atoms with Gasteiger partial charge in [-0.15, -0.1) is 0 Å². The summed E-state index contributed by atoms with van der Waals surface area (Å²) in [4.78, 5) is 14.6. The average molecular weight is 291 g/mol. The van der Waals surface area contributed by atoms with E-state index in [0.717, 1.165) is 12.8 Å². The molecule has 2 bridgehead atoms. The maximum absolute atomic E-state index is 13.4. The zero-order valence-corrected chi connectivity index (χ0v) is 12.3. The number of nitrogens with one attached hydrogen (secondary N) is 1. The Balaban J connectivity index is 1.58. The van der Waals surface area contributed by atoms with Gasteiger partial charge in [-0.25, -0.2) is 4.39 Å². The number of nitrogen functional groups attached to an aromatic ring is 1. The number of nitrogens with zero attached hydrogens (tertiary/aromatic N) is 1. The normalized spacial score (nSPS) is 28.6. The first-order chi connectivity index (χ1) is 10.1. The molecule has 2 atom stereocenters. The summed E-state index contributed by atoms with van der Waals surface area (Å²) in [6.45, 7) is 0.648. The maximum atomic E-state index is 13.4. The van der Waals surface area contributed by atoms with Crippen LogP contribution < -0.4 is 11.1 Å². The number of hydrogen-bond acceptors (Lipinski definition) is 3. The molecule has 0 aromatic heterocycles. The van der Waals surface area contributed by atoms with Crippen LogP contribution in [0.3, 0.4) is 0 Å². The third-order valence-corrected chi connectivity index (χ3v) is 5.04. The molecule has 1 aromatic carbocycles. The van der Waals surface area contributed by atoms with E-state index in [1.165, 1.54) is 25.0 Å². The van der Waals surface area contributed by atoms with Crippen LogP contribution in [0.15, 0.2) is 18.2 Å². The van der Waals surface area contributed by atoms with Crippen LogP contribution >= 0.6 is 0 Å². The molecule has 1 aromatic rings. The van der Waals surface area contributed by atoms with Gasteiger partial charge in [0.25, 0.3) is 5.91 Å². The van der Waals surface area contributed by atoms with Crippen molar-refractivity contribution in [2.24, 2.45) is 5.92 Å². The highest BCUT2D eigenvalue weighted by Gasteiger charge is 2.38. The highest BCUT2D eigenvalue weighted by molar-refractivity contribution is 5.99. The van der Waals surface area contributed by atoms with Gasteiger partial charge in [-0.3, -0.25) is 4.79 Å². The van der Waals surface area contributed by atoms with Crippen molar-refractivity contribution >= 4 is 11.6 Å². The number of benzene rings is 1. The summed E-state index contributed by atoms with van der Waals surface area (Å²) in [5.41, 5.74) is 5.78. The van der Waals surface area contributed by atoms with E-state index in [1.807, 2.05) is 0 Å². The Bertz CT molecular complexity index is 534. The Labute approximate surface area is 124 Å². The van der Waals surface area contributed by atoms with Crippen LogP contribution in [-0.2, 0) is 0 Å². The molecule has 5 heteroatoms. The number of piperidine rings is 1. The molecular formula is C16H22FN3O. The third-order valence-electron chi connectivity index (χ3n) is 5.04. The van der Waals surface area contributed by atoms with E-state index in [2.05, 4.69) is 17.3 Å². The molecule has 2 aliphatic heterocycles. The Morgan fingerprint density at radius 3 is 2.71 bits per heavy atom. The largest absolute Gasteiger partial charge is 0.396 e. The summed E-state index contributed by atoms with van der Waals surface area (Å²) in [5, 5.41) is 2.92. The quantitative estimate of drug-likeness (QED) is 0.838. The molecule has 0 aliphatic carbocycles. The zero-order chi connectivity index (χ0) is 15.0. The van der Waals surface area contributed by atoms with Crippen LogP contribution in [0.2, 0.25) is 0 Å². The molecule has 2 fully saturated rings. The van der Waals surface area contributed by atoms with E-state index in [1.54, 1.807) is 6.07 Å². The third kappa shape index (κ3) is 2.75. The second-order valence-electron chi connectivity index (χ2n) is 6.30. The van der Waals surface area contributed by atoms with Crippen molar-refractivity contribution in [3.05, 3.63) is 29.6 Å². The molecule has 21 heavy (non-hydrogen) atoms. The monoisotopic (exact) mass is 291 g/mol. The molecule has 2 aliphatic rings. The van der Waals surface area contributed by atoms with Crippen molar-refractivity contribution in [2.45, 2.75) is 37.8 Å². The molecule has 2 saturated heterocycles. The number of rotatable bonds is 3. The number of halogens is 1. The molecule has 1 amide bonds. The smallest absolute Gasteiger partial charge is 0.253 e. The second-order valence-corrected chi connectivity index (χ2v) is 6.30. The fourth-order valence-corrected chi connectivity index (χ4v) is 3.76. The fourth-order valence-electron chi connectivity index (χ4n) is 3.76. The van der Waals surface area contributed by atoms with E-state index < -0.39 is 5.82 Å². The van der Waals surface area contributed by atoms with Crippen molar-refractivity contribution < 1.29 is 9.18 Å². The van der Waals surface area contributed by atoms with Crippen LogP contribution in [-0.4, -0.2) is 36.5 Å². The van der Waals surface area contributed by atoms with Crippen molar-refractivity contribution in [3.63, 3.8) is 0 Å². The zero-order valence-electron chi connectivity index (χ0n) is 12.3. The summed E-state index contributed by atoms with van der Waals surface area (Å²) in [5.74, 6) is -0.310. The topological polar surface area (TPSA) is 58.4 Å². The van der Waals surface area contributed by atoms with Crippen molar-refractivity contribution in [2.75, 3.05) is 19.3 Å². The number of hydrogen-bond donors (Lipinski definition) is 2. The van der Waals surface area contributed by atoms with Gasteiger partial charge in [0.05, 0.1) is 11.3 Å². The Morgan fingerprint density at radius 2 is 2.05 bits per heavy atom. The first kappa shape index (κ1) is 14.3. The number of nitrogens with two attached hydrogens (primary N) is 1. The molecule has 3 N–H and O–H groups in total. The van der Waals surface area contributed by atoms with Crippen molar-refractivity contribution in [1.29, 1.82) is 0 Å². The Morgan fingerprint density at radius 1 is 1.38 bits per heavy atom. The van der Waals surface area contributed by atoms with E-state index >= 15 is 0 Å². The lowest BCUT2D eigenvalue weighted by atomic mass is 9.91. The van der Waals surface area contributed by atoms with Crippen LogP contribution in [0, 0.1) is 11.7 Å². The van der Waals surface area contributed by atoms with Gasteiger partial charge < -0.3 is 16.0 Å². The Kier molecular flexibility index (Phi) is 3.85. The lowest BCUT2D eigenvalue weighted by Crippen LogP contribution is -2.43. The van der Waals surface area contributed by atoms with Crippen molar-refractivity contribution in [3.8, 4) is 0 Å². The maximum Gasteiger partial charge on any atom is 0.253 e. The molecule has 0 saturated carbocycles. The highest BCUT2D eigenvalue weighted by Crippen LogP contribution is 2.37. The minimum atomic E-state index is -0.542. The molecule has 4 nitrogen and oxygen atoms in total. The standard InChI is InChI=1S/C16H22FN3O/c1-20-11-5-6-12(20)8-10(7-11)9-19-16(21)13-3-2-4-14(17)15(13)18/h2-4,10-12H,5-9,18H2,1H3,(H,19,21). The van der Waals surface area contributed by atoms with E-state index in [-0.39, 0.29) is 17.2 Å². The summed E-state index contributed by atoms with van der Waals surface area (Å²) in [6, 6.07) is 5.65. The SMILES string of the molecule is CN1C2CCC1CC(CNC(=O)c1cccc(F)c1N)C2. The molecule has 114 valence electrons. The van der Waals surface area contributed by atoms with Gasteiger partial charge in [-0.2, -0.15) is 0 Å². The van der Waals surface area contributed by atoms with Crippen LogP contribution in [0.4, 0.5) is 10.1 Å². The van der Waals surface area contributed by atoms with Crippen LogP contribution in [0.1, 0.15) is 36.0 Å². The minimum Gasteiger partial charge on any atom is -0.396 e. The van der Waals surface area contributed by atoms with Gasteiger partial charge in [0.2, 0.25) is 0 Å². The number of para-hydroxylation sites is 1. The summed E-state index contributed by atoms with van der Waals surface area (Å²) in [7, 11) is 2.20. The predicted octanol–water partition coefficient (Wildman–Crippen LogP) is 2.01. The van der Waals surface area contributed by atoms with Gasteiger partial charge >= 0.3 is 0 Å². The number of anilines is 1. The van der Waals surface area contributed by atoms with E-state index in [4.69, 9.17) is 5.73 Å². The van der Waals surface area contributed by atoms with Gasteiger partial charge in [0, 0.05) is 18.6 Å². The van der Waals surface area contributed by atoms with Crippen molar-refractivity contribution in [1.82, 2.24) is 10.2 Å². The lowest BCUT2D eigenvalue weighted by molar-refractivity contribution is 0.0918. The van der Waals surface area contributed by atoms with Crippen LogP contribution in [0.25, 0.3) is 0 Å². The molecule has 2 unspecified atom stereocenters. The average Bonchev–Trinajstić information content (AvgIpc) is 2.70. The molecule has 3 rings (SSSR count). The molecule has 0 spiro atoms. The molecule has 2 heterocycles. The Hall–Kier alpha value is -1.62. The minimum absolute atomic E-state index is 0.0709. The number of carbonyl (C=O) groups is 1. The fraction of sp³-hybridized carbons (Fsp3) is 0.562. The predicted molar refractivity (Wildman–Crippen MR) is 80.4 cm³/mol. The number of fused-ring (bicyclic) bond motifs is 2. The second kappa shape index (κ2) is 5.64. The van der Waals surface area contributed by atoms with Crippen LogP contribution in [0.5, 0.6) is 0 Å². The number of amides is 1. The summed E-state index contributed by atoms with van der Waals surface area (Å²) >= 11 is 0. The van der Waals surface area contributed by atoms with Gasteiger partial charge in [0.15, 0.2) is 0 Å². The molecular weight excluding hydrogens is 269 g/mol. The van der Waals surface area contributed by atoms with Gasteiger partial charge in [-0.05, 0) is 50.8 Å². The first-order valence-corrected chi connectivity index (χ1v) is 7.60. The van der Waals surface area contributed by atoms with Gasteiger partial charge in [-0.1, -0.05) is 6.07 Å². The summed E-state index contributed by atoms with van der Waals surface area (Å²) < 4.78 is 13.4. The lowest BCUT2D eigenvalue weighted by Gasteiger charge is -2.36. The summed E-state index contributed by atoms with van der Waals surface area (Å²) in [6.07, 6.45) is 4.79. The highest BCUT2D eigenvalue weighted by atomic mass is 19.1. The first-order valence-electron chi connectivity index (χ1n) is 7.60. The van der Waals surface area contributed by atoms with Gasteiger partial charge in [0.1, 0.15) is 5.82 Å².